The largest absolute Gasteiger partial charge is 0.341 e. The van der Waals surface area contributed by atoms with Gasteiger partial charge in [0.25, 0.3) is 0 Å². The van der Waals surface area contributed by atoms with Crippen molar-refractivity contribution in [3.05, 3.63) is 0 Å². The van der Waals surface area contributed by atoms with Gasteiger partial charge in [-0.25, -0.2) is 4.79 Å². The summed E-state index contributed by atoms with van der Waals surface area (Å²) < 4.78 is 0. The molecule has 0 radical (unpaired) electrons. The molecule has 1 atom stereocenters. The molecule has 2 fully saturated rings. The minimum absolute atomic E-state index is 0. The van der Waals surface area contributed by atoms with Crippen molar-refractivity contribution in [1.29, 1.82) is 0 Å². The zero-order chi connectivity index (χ0) is 17.6. The Bertz CT molecular complexity index is 431. The van der Waals surface area contributed by atoms with Crippen molar-refractivity contribution in [2.24, 2.45) is 5.73 Å². The van der Waals surface area contributed by atoms with Gasteiger partial charge in [-0.1, -0.05) is 32.6 Å². The Labute approximate surface area is 158 Å². The van der Waals surface area contributed by atoms with E-state index in [-0.39, 0.29) is 30.4 Å². The van der Waals surface area contributed by atoms with Crippen LogP contribution in [0.15, 0.2) is 0 Å². The number of halogens is 1. The second-order valence-electron chi connectivity index (χ2n) is 7.69. The Morgan fingerprint density at radius 2 is 1.56 bits per heavy atom. The summed E-state index contributed by atoms with van der Waals surface area (Å²) >= 11 is 0. The molecular formula is C18H35ClN4O2. The van der Waals surface area contributed by atoms with E-state index in [4.69, 9.17) is 5.73 Å². The van der Waals surface area contributed by atoms with Crippen LogP contribution >= 0.6 is 12.4 Å². The monoisotopic (exact) mass is 374 g/mol. The van der Waals surface area contributed by atoms with E-state index in [1.54, 1.807) is 0 Å². The van der Waals surface area contributed by atoms with Crippen molar-refractivity contribution >= 4 is 24.3 Å². The van der Waals surface area contributed by atoms with Crippen LogP contribution in [0, 0.1) is 0 Å². The van der Waals surface area contributed by atoms with Crippen LogP contribution in [0.5, 0.6) is 0 Å². The number of piperidine rings is 1. The number of amides is 3. The van der Waals surface area contributed by atoms with Gasteiger partial charge in [-0.15, -0.1) is 12.4 Å². The summed E-state index contributed by atoms with van der Waals surface area (Å²) in [5.74, 6) is 0.0365. The first kappa shape index (κ1) is 22.0. The van der Waals surface area contributed by atoms with Crippen molar-refractivity contribution in [1.82, 2.24) is 15.5 Å². The first-order chi connectivity index (χ1) is 11.4. The number of carbonyl (C=O) groups is 2. The van der Waals surface area contributed by atoms with E-state index in [2.05, 4.69) is 10.6 Å². The third-order valence-corrected chi connectivity index (χ3v) is 5.32. The maximum atomic E-state index is 12.5. The van der Waals surface area contributed by atoms with E-state index >= 15 is 0 Å². The molecule has 0 aromatic carbocycles. The van der Waals surface area contributed by atoms with Gasteiger partial charge in [-0.3, -0.25) is 4.79 Å². The van der Waals surface area contributed by atoms with E-state index in [0.717, 1.165) is 32.1 Å². The first-order valence-corrected chi connectivity index (χ1v) is 9.57. The van der Waals surface area contributed by atoms with Gasteiger partial charge < -0.3 is 21.3 Å². The molecule has 3 amide bonds. The third-order valence-electron chi connectivity index (χ3n) is 5.32. The molecule has 0 aromatic heterocycles. The van der Waals surface area contributed by atoms with E-state index in [9.17, 15) is 9.59 Å². The molecular weight excluding hydrogens is 340 g/mol. The topological polar surface area (TPSA) is 87.5 Å². The van der Waals surface area contributed by atoms with E-state index in [1.165, 1.54) is 19.3 Å². The second kappa shape index (κ2) is 10.2. The van der Waals surface area contributed by atoms with Crippen molar-refractivity contribution in [3.8, 4) is 0 Å². The lowest BCUT2D eigenvalue weighted by Crippen LogP contribution is -2.57. The normalized spacial score (nSPS) is 21.8. The highest BCUT2D eigenvalue weighted by Gasteiger charge is 2.34. The molecule has 0 spiro atoms. The zero-order valence-corrected chi connectivity index (χ0v) is 16.5. The summed E-state index contributed by atoms with van der Waals surface area (Å²) in [6.45, 7) is 5.20. The molecule has 0 aromatic rings. The van der Waals surface area contributed by atoms with Crippen LogP contribution < -0.4 is 16.4 Å². The average Bonchev–Trinajstić information content (AvgIpc) is 2.55. The molecule has 1 aliphatic carbocycles. The Kier molecular flexibility index (Phi) is 9.00. The third kappa shape index (κ3) is 6.66. The molecule has 2 aliphatic rings. The highest BCUT2D eigenvalue weighted by molar-refractivity contribution is 5.86. The number of likely N-dealkylation sites (tertiary alicyclic amines) is 1. The lowest BCUT2D eigenvalue weighted by molar-refractivity contribution is -0.137. The van der Waals surface area contributed by atoms with Gasteiger partial charge >= 0.3 is 6.03 Å². The van der Waals surface area contributed by atoms with Crippen molar-refractivity contribution < 1.29 is 9.59 Å². The van der Waals surface area contributed by atoms with Crippen LogP contribution in [-0.2, 0) is 4.79 Å². The molecule has 7 heteroatoms. The average molecular weight is 375 g/mol. The number of nitrogens with zero attached hydrogens (tertiary/aromatic N) is 1. The van der Waals surface area contributed by atoms with Crippen LogP contribution in [0.2, 0.25) is 0 Å². The summed E-state index contributed by atoms with van der Waals surface area (Å²) in [6.07, 6.45) is 9.08. The Hall–Kier alpha value is -1.01. The van der Waals surface area contributed by atoms with Crippen LogP contribution in [0.4, 0.5) is 4.79 Å². The van der Waals surface area contributed by atoms with E-state index in [0.29, 0.717) is 25.6 Å². The zero-order valence-electron chi connectivity index (χ0n) is 15.7. The Morgan fingerprint density at radius 1 is 1.04 bits per heavy atom. The summed E-state index contributed by atoms with van der Waals surface area (Å²) in [5.41, 5.74) is 5.38. The fourth-order valence-corrected chi connectivity index (χ4v) is 3.87. The van der Waals surface area contributed by atoms with Crippen LogP contribution in [0.25, 0.3) is 0 Å². The highest BCUT2D eigenvalue weighted by atomic mass is 35.5. The Balaban J connectivity index is 0.00000312. The summed E-state index contributed by atoms with van der Waals surface area (Å²) in [5, 5.41) is 6.16. The summed E-state index contributed by atoms with van der Waals surface area (Å²) in [7, 11) is 0. The predicted molar refractivity (Wildman–Crippen MR) is 103 cm³/mol. The molecule has 1 saturated carbocycles. The van der Waals surface area contributed by atoms with Crippen molar-refractivity contribution in [2.75, 3.05) is 13.1 Å². The molecule has 1 heterocycles. The van der Waals surface area contributed by atoms with Gasteiger partial charge in [-0.05, 0) is 39.0 Å². The fourth-order valence-electron chi connectivity index (χ4n) is 3.87. The van der Waals surface area contributed by atoms with Gasteiger partial charge in [0.1, 0.15) is 0 Å². The fraction of sp³-hybridized carbons (Fsp3) is 0.889. The van der Waals surface area contributed by atoms with Gasteiger partial charge in [0.2, 0.25) is 5.91 Å². The number of nitrogens with one attached hydrogen (secondary N) is 2. The molecule has 2 rings (SSSR count). The first-order valence-electron chi connectivity index (χ1n) is 9.57. The lowest BCUT2D eigenvalue weighted by Gasteiger charge is -2.37. The van der Waals surface area contributed by atoms with Crippen LogP contribution in [0.1, 0.15) is 71.6 Å². The number of hydrogen-bond donors (Lipinski definition) is 3. The number of hydrogen-bond acceptors (Lipinski definition) is 3. The second-order valence-corrected chi connectivity index (χ2v) is 7.69. The van der Waals surface area contributed by atoms with Crippen LogP contribution in [0.3, 0.4) is 0 Å². The molecule has 1 aliphatic heterocycles. The molecule has 6 nitrogen and oxygen atoms in total. The minimum atomic E-state index is -0.770. The number of rotatable bonds is 5. The molecule has 4 N–H and O–H groups in total. The van der Waals surface area contributed by atoms with E-state index < -0.39 is 5.54 Å². The lowest BCUT2D eigenvalue weighted by atomic mass is 9.94. The standard InChI is InChI=1S/C18H34N4O2.ClH/c1-3-11-18(2,19)16(23)22-12-9-15(10-13-22)21-17(24)20-14-7-5-4-6-8-14;/h14-15H,3-13,19H2,1-2H3,(H2,20,21,24);1H. The SMILES string of the molecule is CCCC(C)(N)C(=O)N1CCC(NC(=O)NC2CCCCC2)CC1.Cl. The predicted octanol–water partition coefficient (Wildman–Crippen LogP) is 2.55. The number of urea groups is 1. The maximum absolute atomic E-state index is 12.5. The molecule has 1 unspecified atom stereocenters. The molecule has 146 valence electrons. The quantitative estimate of drug-likeness (QED) is 0.691. The van der Waals surface area contributed by atoms with Gasteiger partial charge in [0.15, 0.2) is 0 Å². The number of nitrogens with two attached hydrogens (primary N) is 1. The highest BCUT2D eigenvalue weighted by Crippen LogP contribution is 2.19. The van der Waals surface area contributed by atoms with Crippen molar-refractivity contribution in [3.63, 3.8) is 0 Å². The maximum Gasteiger partial charge on any atom is 0.315 e. The van der Waals surface area contributed by atoms with E-state index in [1.807, 2.05) is 18.7 Å². The van der Waals surface area contributed by atoms with Gasteiger partial charge in [0, 0.05) is 25.2 Å². The molecule has 25 heavy (non-hydrogen) atoms. The van der Waals surface area contributed by atoms with Gasteiger partial charge in [0.05, 0.1) is 5.54 Å². The van der Waals surface area contributed by atoms with Crippen molar-refractivity contribution in [2.45, 2.75) is 89.3 Å². The minimum Gasteiger partial charge on any atom is -0.341 e. The number of carbonyl (C=O) groups excluding carboxylic acids is 2. The van der Waals surface area contributed by atoms with Crippen LogP contribution in [-0.4, -0.2) is 47.6 Å². The summed E-state index contributed by atoms with van der Waals surface area (Å²) in [6, 6.07) is 0.418. The Morgan fingerprint density at radius 3 is 2.08 bits per heavy atom. The van der Waals surface area contributed by atoms with Gasteiger partial charge in [-0.2, -0.15) is 0 Å². The molecule has 1 saturated heterocycles. The summed E-state index contributed by atoms with van der Waals surface area (Å²) in [4.78, 5) is 26.5. The molecule has 0 bridgehead atoms. The smallest absolute Gasteiger partial charge is 0.315 e.